The van der Waals surface area contributed by atoms with E-state index in [-0.39, 0.29) is 5.75 Å². The molecule has 2 aromatic heterocycles. The Morgan fingerprint density at radius 2 is 2.17 bits per heavy atom. The molecular weight excluding hydrogens is 336 g/mol. The van der Waals surface area contributed by atoms with Crippen molar-refractivity contribution in [1.82, 2.24) is 14.6 Å². The number of ether oxygens (including phenoxy) is 2. The number of aromatic nitrogens is 3. The molecule has 1 amide bonds. The van der Waals surface area contributed by atoms with Crippen LogP contribution in [-0.4, -0.2) is 40.5 Å². The highest BCUT2D eigenvalue weighted by atomic mass is 32.2. The van der Waals surface area contributed by atoms with Gasteiger partial charge in [0.2, 0.25) is 10.9 Å². The van der Waals surface area contributed by atoms with Gasteiger partial charge in [-0.2, -0.15) is 0 Å². The highest BCUT2D eigenvalue weighted by Gasteiger charge is 2.17. The van der Waals surface area contributed by atoms with Gasteiger partial charge in [0.15, 0.2) is 5.16 Å². The van der Waals surface area contributed by atoms with Crippen LogP contribution in [0.5, 0.6) is 11.5 Å². The van der Waals surface area contributed by atoms with Gasteiger partial charge in [0.1, 0.15) is 11.5 Å². The van der Waals surface area contributed by atoms with E-state index >= 15 is 0 Å². The van der Waals surface area contributed by atoms with Gasteiger partial charge < -0.3 is 15.2 Å². The zero-order valence-corrected chi connectivity index (χ0v) is 14.1. The van der Waals surface area contributed by atoms with Gasteiger partial charge in [-0.15, -0.1) is 21.5 Å². The van der Waals surface area contributed by atoms with Crippen molar-refractivity contribution in [2.45, 2.75) is 5.16 Å². The number of methoxy groups -OCH3 is 2. The van der Waals surface area contributed by atoms with Crippen LogP contribution in [0.1, 0.15) is 0 Å². The molecule has 0 aliphatic carbocycles. The Labute approximate surface area is 140 Å². The van der Waals surface area contributed by atoms with Crippen molar-refractivity contribution >= 4 is 34.0 Å². The number of carbonyl (C=O) groups is 1. The molecule has 9 heteroatoms. The SMILES string of the molecule is COc1ccc(OC)c(-c2csc3nnc(SCC(N)=O)n23)c1. The quantitative estimate of drug-likeness (QED) is 0.684. The Hall–Kier alpha value is -2.26. The van der Waals surface area contributed by atoms with Gasteiger partial charge in [-0.3, -0.25) is 9.20 Å². The molecule has 23 heavy (non-hydrogen) atoms. The largest absolute Gasteiger partial charge is 0.497 e. The van der Waals surface area contributed by atoms with Crippen LogP contribution < -0.4 is 15.2 Å². The van der Waals surface area contributed by atoms with Crippen LogP contribution in [-0.2, 0) is 4.79 Å². The highest BCUT2D eigenvalue weighted by molar-refractivity contribution is 7.99. The van der Waals surface area contributed by atoms with Crippen LogP contribution in [0, 0.1) is 0 Å². The number of thioether (sulfide) groups is 1. The fourth-order valence-electron chi connectivity index (χ4n) is 2.13. The summed E-state index contributed by atoms with van der Waals surface area (Å²) < 4.78 is 12.6. The molecule has 0 fully saturated rings. The summed E-state index contributed by atoms with van der Waals surface area (Å²) in [5, 5.41) is 10.8. The predicted octanol–water partition coefficient (Wildman–Crippen LogP) is 2.05. The molecule has 0 bridgehead atoms. The number of benzene rings is 1. The lowest BCUT2D eigenvalue weighted by molar-refractivity contribution is -0.115. The van der Waals surface area contributed by atoms with E-state index in [2.05, 4.69) is 10.2 Å². The summed E-state index contributed by atoms with van der Waals surface area (Å²) in [4.78, 5) is 11.8. The molecule has 0 unspecified atom stereocenters. The third kappa shape index (κ3) is 2.97. The Morgan fingerprint density at radius 1 is 1.35 bits per heavy atom. The molecule has 2 N–H and O–H groups in total. The van der Waals surface area contributed by atoms with Crippen molar-refractivity contribution < 1.29 is 14.3 Å². The zero-order chi connectivity index (χ0) is 16.4. The van der Waals surface area contributed by atoms with Crippen LogP contribution >= 0.6 is 23.1 Å². The number of hydrogen-bond donors (Lipinski definition) is 1. The first-order valence-corrected chi connectivity index (χ1v) is 8.46. The van der Waals surface area contributed by atoms with Gasteiger partial charge in [0.05, 0.1) is 25.7 Å². The molecule has 1 aromatic carbocycles. The second kappa shape index (κ2) is 6.47. The second-order valence-corrected chi connectivity index (χ2v) is 6.32. The van der Waals surface area contributed by atoms with Gasteiger partial charge >= 0.3 is 0 Å². The number of carbonyl (C=O) groups excluding carboxylic acids is 1. The van der Waals surface area contributed by atoms with Crippen LogP contribution in [0.4, 0.5) is 0 Å². The van der Waals surface area contributed by atoms with Gasteiger partial charge in [-0.25, -0.2) is 0 Å². The van der Waals surface area contributed by atoms with Crippen molar-refractivity contribution in [3.8, 4) is 22.8 Å². The number of fused-ring (bicyclic) bond motifs is 1. The smallest absolute Gasteiger partial charge is 0.227 e. The number of primary amides is 1. The van der Waals surface area contributed by atoms with Gasteiger partial charge in [0, 0.05) is 10.9 Å². The zero-order valence-electron chi connectivity index (χ0n) is 12.5. The lowest BCUT2D eigenvalue weighted by atomic mass is 10.1. The minimum absolute atomic E-state index is 0.144. The van der Waals surface area contributed by atoms with Gasteiger partial charge in [0.25, 0.3) is 0 Å². The van der Waals surface area contributed by atoms with Crippen LogP contribution in [0.25, 0.3) is 16.2 Å². The molecular formula is C14H14N4O3S2. The average Bonchev–Trinajstić information content (AvgIpc) is 3.14. The van der Waals surface area contributed by atoms with E-state index in [4.69, 9.17) is 15.2 Å². The lowest BCUT2D eigenvalue weighted by Crippen LogP contribution is -2.13. The molecule has 0 aliphatic rings. The Kier molecular flexibility index (Phi) is 4.39. The first kappa shape index (κ1) is 15.6. The maximum atomic E-state index is 11.0. The number of nitrogens with zero attached hydrogens (tertiary/aromatic N) is 3. The van der Waals surface area contributed by atoms with E-state index in [1.54, 1.807) is 14.2 Å². The minimum Gasteiger partial charge on any atom is -0.497 e. The van der Waals surface area contributed by atoms with Crippen LogP contribution in [0.15, 0.2) is 28.7 Å². The summed E-state index contributed by atoms with van der Waals surface area (Å²) in [6, 6.07) is 5.57. The van der Waals surface area contributed by atoms with Crippen molar-refractivity contribution in [2.75, 3.05) is 20.0 Å². The topological polar surface area (TPSA) is 91.7 Å². The molecule has 3 aromatic rings. The summed E-state index contributed by atoms with van der Waals surface area (Å²) in [5.41, 5.74) is 6.94. The average molecular weight is 350 g/mol. The fraction of sp³-hybridized carbons (Fsp3) is 0.214. The van der Waals surface area contributed by atoms with E-state index in [1.165, 1.54) is 23.1 Å². The van der Waals surface area contributed by atoms with Crippen molar-refractivity contribution in [1.29, 1.82) is 0 Å². The Bertz CT molecular complexity index is 859. The number of nitrogens with two attached hydrogens (primary N) is 1. The summed E-state index contributed by atoms with van der Waals surface area (Å²) in [6.45, 7) is 0. The summed E-state index contributed by atoms with van der Waals surface area (Å²) in [6.07, 6.45) is 0. The van der Waals surface area contributed by atoms with Gasteiger partial charge in [-0.05, 0) is 18.2 Å². The number of thiazole rings is 1. The maximum Gasteiger partial charge on any atom is 0.227 e. The summed E-state index contributed by atoms with van der Waals surface area (Å²) in [5.74, 6) is 1.18. The summed E-state index contributed by atoms with van der Waals surface area (Å²) >= 11 is 2.71. The Balaban J connectivity index is 2.13. The maximum absolute atomic E-state index is 11.0. The number of amides is 1. The highest BCUT2D eigenvalue weighted by Crippen LogP contribution is 2.37. The van der Waals surface area contributed by atoms with E-state index in [9.17, 15) is 4.79 Å². The fourth-order valence-corrected chi connectivity index (χ4v) is 3.70. The molecule has 0 saturated carbocycles. The molecule has 3 rings (SSSR count). The number of hydrogen-bond acceptors (Lipinski definition) is 7. The monoisotopic (exact) mass is 350 g/mol. The summed E-state index contributed by atoms with van der Waals surface area (Å²) in [7, 11) is 3.23. The first-order chi connectivity index (χ1) is 11.1. The normalized spacial score (nSPS) is 10.9. The molecule has 2 heterocycles. The van der Waals surface area contributed by atoms with Crippen molar-refractivity contribution in [3.05, 3.63) is 23.6 Å². The molecule has 0 radical (unpaired) electrons. The lowest BCUT2D eigenvalue weighted by Gasteiger charge is -2.10. The minimum atomic E-state index is -0.400. The standard InChI is InChI=1S/C14H14N4O3S2/c1-20-8-3-4-11(21-2)9(5-8)10-6-22-13-16-17-14(18(10)13)23-7-12(15)19/h3-6H,7H2,1-2H3,(H2,15,19). The van der Waals surface area contributed by atoms with E-state index in [1.807, 2.05) is 28.0 Å². The molecule has 7 nitrogen and oxygen atoms in total. The predicted molar refractivity (Wildman–Crippen MR) is 89.3 cm³/mol. The van der Waals surface area contributed by atoms with Crippen molar-refractivity contribution in [3.63, 3.8) is 0 Å². The van der Waals surface area contributed by atoms with E-state index < -0.39 is 5.91 Å². The first-order valence-electron chi connectivity index (χ1n) is 6.60. The number of rotatable bonds is 6. The second-order valence-electron chi connectivity index (χ2n) is 4.54. The third-order valence-electron chi connectivity index (χ3n) is 3.15. The third-order valence-corrected chi connectivity index (χ3v) is 4.91. The Morgan fingerprint density at radius 3 is 2.87 bits per heavy atom. The van der Waals surface area contributed by atoms with Crippen LogP contribution in [0.3, 0.4) is 0 Å². The molecule has 0 aliphatic heterocycles. The molecule has 0 atom stereocenters. The van der Waals surface area contributed by atoms with E-state index in [0.29, 0.717) is 10.9 Å². The molecule has 0 saturated heterocycles. The van der Waals surface area contributed by atoms with E-state index in [0.717, 1.165) is 22.0 Å². The van der Waals surface area contributed by atoms with Gasteiger partial charge in [-0.1, -0.05) is 11.8 Å². The van der Waals surface area contributed by atoms with Crippen molar-refractivity contribution in [2.24, 2.45) is 5.73 Å². The molecule has 120 valence electrons. The van der Waals surface area contributed by atoms with Crippen LogP contribution in [0.2, 0.25) is 0 Å². The molecule has 0 spiro atoms.